The summed E-state index contributed by atoms with van der Waals surface area (Å²) >= 11 is 9.56. The first kappa shape index (κ1) is 14.7. The fourth-order valence-electron chi connectivity index (χ4n) is 2.00. The number of benzene rings is 2. The lowest BCUT2D eigenvalue weighted by Gasteiger charge is -2.15. The predicted molar refractivity (Wildman–Crippen MR) is 75.5 cm³/mol. The van der Waals surface area contributed by atoms with E-state index in [0.717, 1.165) is 20.8 Å². The van der Waals surface area contributed by atoms with Crippen molar-refractivity contribution in [1.82, 2.24) is 0 Å². The zero-order valence-corrected chi connectivity index (χ0v) is 12.2. The van der Waals surface area contributed by atoms with Gasteiger partial charge < -0.3 is 0 Å². The van der Waals surface area contributed by atoms with Gasteiger partial charge in [0.15, 0.2) is 0 Å². The van der Waals surface area contributed by atoms with Gasteiger partial charge in [0, 0.05) is 10.9 Å². The van der Waals surface area contributed by atoms with Gasteiger partial charge in [0.2, 0.25) is 0 Å². The summed E-state index contributed by atoms with van der Waals surface area (Å²) in [6, 6.07) is 11.1. The number of hydrogen-bond acceptors (Lipinski definition) is 0. The summed E-state index contributed by atoms with van der Waals surface area (Å²) < 4.78 is 37.6. The molecule has 2 aromatic rings. The molecule has 5 heteroatoms. The van der Waals surface area contributed by atoms with Crippen LogP contribution in [0.5, 0.6) is 0 Å². The molecule has 0 spiro atoms. The summed E-state index contributed by atoms with van der Waals surface area (Å²) in [5.41, 5.74) is 0.740. The van der Waals surface area contributed by atoms with Crippen molar-refractivity contribution < 1.29 is 13.2 Å². The summed E-state index contributed by atoms with van der Waals surface area (Å²) in [5.74, 6) is 0. The molecule has 0 aliphatic rings. The summed E-state index contributed by atoms with van der Waals surface area (Å²) in [5, 5.41) is 1.20. The van der Waals surface area contributed by atoms with Gasteiger partial charge in [-0.3, -0.25) is 0 Å². The molecular weight excluding hydrogens is 341 g/mol. The summed E-state index contributed by atoms with van der Waals surface area (Å²) in [4.78, 5) is 0. The van der Waals surface area contributed by atoms with Gasteiger partial charge in [-0.1, -0.05) is 46.3 Å². The third kappa shape index (κ3) is 3.63. The zero-order chi connectivity index (χ0) is 14.0. The van der Waals surface area contributed by atoms with Crippen LogP contribution in [0.1, 0.15) is 23.8 Å². The van der Waals surface area contributed by atoms with Crippen LogP contribution >= 0.6 is 27.5 Å². The Morgan fingerprint density at radius 3 is 2.32 bits per heavy atom. The Balaban J connectivity index is 2.32. The Morgan fingerprint density at radius 2 is 1.68 bits per heavy atom. The third-order valence-electron chi connectivity index (χ3n) is 2.92. The standard InChI is InChI=1S/C14H11BrClF3/c15-12-6-5-11(9-3-1-2-4-10(9)12)13(16)7-8-14(17,18)19/h1-6,13H,7-8H2. The monoisotopic (exact) mass is 350 g/mol. The molecule has 0 aliphatic heterocycles. The summed E-state index contributed by atoms with van der Waals surface area (Å²) in [6.07, 6.45) is -5.15. The fourth-order valence-corrected chi connectivity index (χ4v) is 2.78. The van der Waals surface area contributed by atoms with Crippen molar-refractivity contribution >= 4 is 38.3 Å². The van der Waals surface area contributed by atoms with Gasteiger partial charge in [-0.15, -0.1) is 11.6 Å². The quantitative estimate of drug-likeness (QED) is 0.575. The van der Waals surface area contributed by atoms with E-state index < -0.39 is 18.0 Å². The highest BCUT2D eigenvalue weighted by Gasteiger charge is 2.28. The molecule has 0 bridgehead atoms. The normalized spacial score (nSPS) is 13.7. The molecule has 0 radical (unpaired) electrons. The molecule has 0 saturated heterocycles. The van der Waals surface area contributed by atoms with E-state index in [0.29, 0.717) is 0 Å². The van der Waals surface area contributed by atoms with Crippen LogP contribution in [0, 0.1) is 0 Å². The number of hydrogen-bond donors (Lipinski definition) is 0. The minimum Gasteiger partial charge on any atom is -0.171 e. The van der Waals surface area contributed by atoms with Gasteiger partial charge in [-0.05, 0) is 28.8 Å². The Kier molecular flexibility index (Phi) is 4.41. The van der Waals surface area contributed by atoms with Crippen molar-refractivity contribution in [3.63, 3.8) is 0 Å². The highest BCUT2D eigenvalue weighted by atomic mass is 79.9. The third-order valence-corrected chi connectivity index (χ3v) is 4.07. The van der Waals surface area contributed by atoms with Crippen molar-refractivity contribution in [2.45, 2.75) is 24.4 Å². The average Bonchev–Trinajstić information content (AvgIpc) is 2.36. The van der Waals surface area contributed by atoms with Gasteiger partial charge >= 0.3 is 6.18 Å². The van der Waals surface area contributed by atoms with Gasteiger partial charge in [-0.2, -0.15) is 13.2 Å². The van der Waals surface area contributed by atoms with E-state index in [-0.39, 0.29) is 6.42 Å². The van der Waals surface area contributed by atoms with E-state index in [2.05, 4.69) is 15.9 Å². The Bertz CT molecular complexity index is 580. The molecule has 102 valence electrons. The van der Waals surface area contributed by atoms with Crippen molar-refractivity contribution in [2.75, 3.05) is 0 Å². The predicted octanol–water partition coefficient (Wildman–Crippen LogP) is 6.22. The first-order valence-corrected chi connectivity index (χ1v) is 6.99. The Hall–Kier alpha value is -0.740. The summed E-state index contributed by atoms with van der Waals surface area (Å²) in [7, 11) is 0. The number of rotatable bonds is 3. The van der Waals surface area contributed by atoms with E-state index in [1.54, 1.807) is 6.07 Å². The summed E-state index contributed by atoms with van der Waals surface area (Å²) in [6.45, 7) is 0. The maximum absolute atomic E-state index is 12.2. The molecule has 0 N–H and O–H groups in total. The first-order valence-electron chi connectivity index (χ1n) is 5.76. The molecule has 1 unspecified atom stereocenters. The molecule has 2 rings (SSSR count). The maximum atomic E-state index is 12.2. The molecule has 1 atom stereocenters. The van der Waals surface area contributed by atoms with Gasteiger partial charge in [-0.25, -0.2) is 0 Å². The second kappa shape index (κ2) is 5.71. The van der Waals surface area contributed by atoms with Gasteiger partial charge in [0.05, 0.1) is 5.38 Å². The Morgan fingerprint density at radius 1 is 1.05 bits per heavy atom. The fraction of sp³-hybridized carbons (Fsp3) is 0.286. The minimum atomic E-state index is -4.17. The van der Waals surface area contributed by atoms with Crippen LogP contribution in [0.3, 0.4) is 0 Å². The zero-order valence-electron chi connectivity index (χ0n) is 9.85. The van der Waals surface area contributed by atoms with Gasteiger partial charge in [0.1, 0.15) is 0 Å². The van der Waals surface area contributed by atoms with Crippen LogP contribution in [0.25, 0.3) is 10.8 Å². The number of alkyl halides is 4. The van der Waals surface area contributed by atoms with Crippen LogP contribution < -0.4 is 0 Å². The maximum Gasteiger partial charge on any atom is 0.389 e. The molecule has 0 amide bonds. The van der Waals surface area contributed by atoms with Crippen molar-refractivity contribution in [3.05, 3.63) is 46.4 Å². The lowest BCUT2D eigenvalue weighted by molar-refractivity contribution is -0.135. The van der Waals surface area contributed by atoms with Crippen LogP contribution in [-0.4, -0.2) is 6.18 Å². The molecule has 0 aliphatic carbocycles. The first-order chi connectivity index (χ1) is 8.88. The smallest absolute Gasteiger partial charge is 0.171 e. The Labute approximate surface area is 122 Å². The number of halogens is 5. The largest absolute Gasteiger partial charge is 0.389 e. The highest BCUT2D eigenvalue weighted by molar-refractivity contribution is 9.10. The SMILES string of the molecule is FC(F)(F)CCC(Cl)c1ccc(Br)c2ccccc12. The van der Waals surface area contributed by atoms with E-state index in [4.69, 9.17) is 11.6 Å². The lowest BCUT2D eigenvalue weighted by Crippen LogP contribution is -2.08. The van der Waals surface area contributed by atoms with E-state index >= 15 is 0 Å². The van der Waals surface area contributed by atoms with Crippen LogP contribution in [0.4, 0.5) is 13.2 Å². The number of fused-ring (bicyclic) bond motifs is 1. The van der Waals surface area contributed by atoms with E-state index in [1.807, 2.05) is 30.3 Å². The van der Waals surface area contributed by atoms with E-state index in [9.17, 15) is 13.2 Å². The molecule has 0 heterocycles. The highest BCUT2D eigenvalue weighted by Crippen LogP contribution is 2.37. The molecule has 0 nitrogen and oxygen atoms in total. The van der Waals surface area contributed by atoms with Crippen LogP contribution in [-0.2, 0) is 0 Å². The van der Waals surface area contributed by atoms with Crippen LogP contribution in [0.2, 0.25) is 0 Å². The molecule has 0 fully saturated rings. The van der Waals surface area contributed by atoms with Crippen molar-refractivity contribution in [3.8, 4) is 0 Å². The lowest BCUT2D eigenvalue weighted by atomic mass is 10.00. The molecular formula is C14H11BrClF3. The molecule has 0 aromatic heterocycles. The second-order valence-corrected chi connectivity index (χ2v) is 5.68. The minimum absolute atomic E-state index is 0.114. The van der Waals surface area contributed by atoms with Crippen LogP contribution in [0.15, 0.2) is 40.9 Å². The molecule has 0 saturated carbocycles. The second-order valence-electron chi connectivity index (χ2n) is 4.30. The van der Waals surface area contributed by atoms with Crippen molar-refractivity contribution in [1.29, 1.82) is 0 Å². The molecule has 2 aromatic carbocycles. The van der Waals surface area contributed by atoms with Crippen molar-refractivity contribution in [2.24, 2.45) is 0 Å². The average molecular weight is 352 g/mol. The molecule has 19 heavy (non-hydrogen) atoms. The topological polar surface area (TPSA) is 0 Å². The van der Waals surface area contributed by atoms with Gasteiger partial charge in [0.25, 0.3) is 0 Å². The van der Waals surface area contributed by atoms with E-state index in [1.165, 1.54) is 0 Å².